The zero-order chi connectivity index (χ0) is 13.5. The number of hydrogen-bond donors (Lipinski definition) is 1. The lowest BCUT2D eigenvalue weighted by Gasteiger charge is -1.94. The van der Waals surface area contributed by atoms with E-state index in [1.807, 2.05) is 0 Å². The average molecular weight is 252 g/mol. The molecule has 18 heavy (non-hydrogen) atoms. The SMILES string of the molecule is CCCCC=CCCCC=CCCCCC(=O)O. The van der Waals surface area contributed by atoms with Crippen molar-refractivity contribution in [3.8, 4) is 0 Å². The third kappa shape index (κ3) is 14.9. The lowest BCUT2D eigenvalue weighted by molar-refractivity contribution is -0.137. The molecule has 0 bridgehead atoms. The summed E-state index contributed by atoms with van der Waals surface area (Å²) in [5.74, 6) is -0.686. The van der Waals surface area contributed by atoms with Crippen LogP contribution in [0.15, 0.2) is 24.3 Å². The van der Waals surface area contributed by atoms with Crippen LogP contribution in [0.25, 0.3) is 0 Å². The van der Waals surface area contributed by atoms with Crippen LogP contribution in [0.1, 0.15) is 71.1 Å². The topological polar surface area (TPSA) is 37.3 Å². The smallest absolute Gasteiger partial charge is 0.303 e. The zero-order valence-electron chi connectivity index (χ0n) is 11.7. The molecule has 0 aromatic carbocycles. The van der Waals surface area contributed by atoms with Gasteiger partial charge in [-0.3, -0.25) is 4.79 Å². The Kier molecular flexibility index (Phi) is 13.2. The number of unbranched alkanes of at least 4 members (excludes halogenated alkanes) is 6. The van der Waals surface area contributed by atoms with Gasteiger partial charge in [-0.1, -0.05) is 44.1 Å². The van der Waals surface area contributed by atoms with Crippen molar-refractivity contribution >= 4 is 5.97 Å². The zero-order valence-corrected chi connectivity index (χ0v) is 11.7. The third-order valence-corrected chi connectivity index (χ3v) is 2.81. The highest BCUT2D eigenvalue weighted by Gasteiger charge is 1.94. The maximum atomic E-state index is 10.3. The minimum absolute atomic E-state index is 0.302. The molecule has 1 N–H and O–H groups in total. The van der Waals surface area contributed by atoms with Gasteiger partial charge in [-0.15, -0.1) is 0 Å². The first kappa shape index (κ1) is 16.9. The molecular weight excluding hydrogens is 224 g/mol. The molecule has 0 radical (unpaired) electrons. The first-order chi connectivity index (χ1) is 8.77. The molecule has 2 nitrogen and oxygen atoms in total. The van der Waals surface area contributed by atoms with Crippen LogP contribution < -0.4 is 0 Å². The van der Waals surface area contributed by atoms with Gasteiger partial charge in [0.05, 0.1) is 0 Å². The van der Waals surface area contributed by atoms with Gasteiger partial charge >= 0.3 is 5.97 Å². The van der Waals surface area contributed by atoms with Crippen molar-refractivity contribution in [3.63, 3.8) is 0 Å². The molecule has 0 aromatic heterocycles. The van der Waals surface area contributed by atoms with Crippen molar-refractivity contribution in [2.24, 2.45) is 0 Å². The first-order valence-corrected chi connectivity index (χ1v) is 7.29. The fraction of sp³-hybridized carbons (Fsp3) is 0.688. The summed E-state index contributed by atoms with van der Waals surface area (Å²) in [4.78, 5) is 10.3. The molecular formula is C16H28O2. The molecule has 0 saturated carbocycles. The number of aliphatic carboxylic acids is 1. The molecule has 0 amide bonds. The van der Waals surface area contributed by atoms with Crippen molar-refractivity contribution in [2.75, 3.05) is 0 Å². The van der Waals surface area contributed by atoms with Crippen LogP contribution in [0, 0.1) is 0 Å². The number of hydrogen-bond acceptors (Lipinski definition) is 1. The summed E-state index contributed by atoms with van der Waals surface area (Å²) in [7, 11) is 0. The number of carbonyl (C=O) groups is 1. The second-order valence-electron chi connectivity index (χ2n) is 4.66. The molecule has 0 aliphatic heterocycles. The molecule has 0 fully saturated rings. The molecule has 0 unspecified atom stereocenters. The van der Waals surface area contributed by atoms with Gasteiger partial charge in [0.1, 0.15) is 0 Å². The molecule has 104 valence electrons. The number of carboxylic acid groups (broad SMARTS) is 1. The predicted molar refractivity (Wildman–Crippen MR) is 77.8 cm³/mol. The van der Waals surface area contributed by atoms with E-state index in [2.05, 4.69) is 31.2 Å². The Morgan fingerprint density at radius 1 is 0.833 bits per heavy atom. The highest BCUT2D eigenvalue weighted by molar-refractivity contribution is 5.66. The number of allylic oxidation sites excluding steroid dienone is 4. The van der Waals surface area contributed by atoms with Gasteiger partial charge in [-0.25, -0.2) is 0 Å². The van der Waals surface area contributed by atoms with E-state index in [-0.39, 0.29) is 0 Å². The highest BCUT2D eigenvalue weighted by atomic mass is 16.4. The minimum atomic E-state index is -0.686. The summed E-state index contributed by atoms with van der Waals surface area (Å²) in [5.41, 5.74) is 0. The van der Waals surface area contributed by atoms with Crippen LogP contribution in [0.5, 0.6) is 0 Å². The summed E-state index contributed by atoms with van der Waals surface area (Å²) in [5, 5.41) is 8.47. The normalized spacial score (nSPS) is 11.6. The largest absolute Gasteiger partial charge is 0.481 e. The molecule has 0 saturated heterocycles. The summed E-state index contributed by atoms with van der Waals surface area (Å²) in [6, 6.07) is 0. The Morgan fingerprint density at radius 3 is 1.83 bits per heavy atom. The molecule has 0 heterocycles. The van der Waals surface area contributed by atoms with Crippen molar-refractivity contribution in [3.05, 3.63) is 24.3 Å². The van der Waals surface area contributed by atoms with Crippen molar-refractivity contribution in [1.29, 1.82) is 0 Å². The molecule has 0 atom stereocenters. The molecule has 0 aliphatic carbocycles. The summed E-state index contributed by atoms with van der Waals surface area (Å²) in [6.07, 6.45) is 19.4. The van der Waals surface area contributed by atoms with Gasteiger partial charge in [0.15, 0.2) is 0 Å². The van der Waals surface area contributed by atoms with E-state index in [0.717, 1.165) is 25.7 Å². The molecule has 0 spiro atoms. The Hall–Kier alpha value is -1.05. The van der Waals surface area contributed by atoms with Gasteiger partial charge < -0.3 is 5.11 Å². The second kappa shape index (κ2) is 14.0. The maximum absolute atomic E-state index is 10.3. The van der Waals surface area contributed by atoms with Crippen LogP contribution in [-0.4, -0.2) is 11.1 Å². The Morgan fingerprint density at radius 2 is 1.33 bits per heavy atom. The molecule has 2 heteroatoms. The fourth-order valence-electron chi connectivity index (χ4n) is 1.69. The predicted octanol–water partition coefficient (Wildman–Crippen LogP) is 5.10. The van der Waals surface area contributed by atoms with Gasteiger partial charge in [-0.2, -0.15) is 0 Å². The minimum Gasteiger partial charge on any atom is -0.481 e. The Balaban J connectivity index is 3.18. The lowest BCUT2D eigenvalue weighted by Crippen LogP contribution is -1.92. The van der Waals surface area contributed by atoms with E-state index in [1.54, 1.807) is 0 Å². The highest BCUT2D eigenvalue weighted by Crippen LogP contribution is 2.04. The molecule has 0 aromatic rings. The van der Waals surface area contributed by atoms with Crippen LogP contribution in [0.3, 0.4) is 0 Å². The second-order valence-corrected chi connectivity index (χ2v) is 4.66. The standard InChI is InChI=1S/C16H28O2/c1-2-3-4-5-6-7-8-9-10-11-12-13-14-15-16(17)18/h5-6,10-11H,2-4,7-9,12-15H2,1H3,(H,17,18). The summed E-state index contributed by atoms with van der Waals surface area (Å²) < 4.78 is 0. The van der Waals surface area contributed by atoms with Crippen LogP contribution >= 0.6 is 0 Å². The van der Waals surface area contributed by atoms with E-state index in [4.69, 9.17) is 5.11 Å². The van der Waals surface area contributed by atoms with E-state index in [9.17, 15) is 4.79 Å². The summed E-state index contributed by atoms with van der Waals surface area (Å²) >= 11 is 0. The van der Waals surface area contributed by atoms with Crippen molar-refractivity contribution < 1.29 is 9.90 Å². The number of rotatable bonds is 12. The van der Waals surface area contributed by atoms with Gasteiger partial charge in [-0.05, 0) is 44.9 Å². The van der Waals surface area contributed by atoms with Gasteiger partial charge in [0.2, 0.25) is 0 Å². The Labute approximate surface area is 112 Å². The number of carboxylic acids is 1. The molecule has 0 aliphatic rings. The van der Waals surface area contributed by atoms with E-state index in [1.165, 1.54) is 32.1 Å². The van der Waals surface area contributed by atoms with E-state index >= 15 is 0 Å². The average Bonchev–Trinajstić information content (AvgIpc) is 2.34. The van der Waals surface area contributed by atoms with E-state index < -0.39 is 5.97 Å². The van der Waals surface area contributed by atoms with Crippen LogP contribution in [0.2, 0.25) is 0 Å². The van der Waals surface area contributed by atoms with Gasteiger partial charge in [0, 0.05) is 6.42 Å². The maximum Gasteiger partial charge on any atom is 0.303 e. The first-order valence-electron chi connectivity index (χ1n) is 7.29. The molecule has 0 rings (SSSR count). The van der Waals surface area contributed by atoms with Crippen molar-refractivity contribution in [1.82, 2.24) is 0 Å². The monoisotopic (exact) mass is 252 g/mol. The Bertz CT molecular complexity index is 241. The fourth-order valence-corrected chi connectivity index (χ4v) is 1.69. The third-order valence-electron chi connectivity index (χ3n) is 2.81. The quantitative estimate of drug-likeness (QED) is 0.387. The lowest BCUT2D eigenvalue weighted by atomic mass is 10.1. The van der Waals surface area contributed by atoms with Gasteiger partial charge in [0.25, 0.3) is 0 Å². The summed E-state index contributed by atoms with van der Waals surface area (Å²) in [6.45, 7) is 2.22. The van der Waals surface area contributed by atoms with E-state index in [0.29, 0.717) is 6.42 Å². The van der Waals surface area contributed by atoms with Crippen LogP contribution in [0.4, 0.5) is 0 Å². The van der Waals surface area contributed by atoms with Crippen molar-refractivity contribution in [2.45, 2.75) is 71.1 Å². The van der Waals surface area contributed by atoms with Crippen LogP contribution in [-0.2, 0) is 4.79 Å².